The number of hydrogen-bond donors (Lipinski definition) is 1. The Morgan fingerprint density at radius 3 is 2.50 bits per heavy atom. The van der Waals surface area contributed by atoms with Crippen LogP contribution in [-0.2, 0) is 13.5 Å². The van der Waals surface area contributed by atoms with E-state index >= 15 is 0 Å². The van der Waals surface area contributed by atoms with Gasteiger partial charge in [-0.2, -0.15) is 5.10 Å². The summed E-state index contributed by atoms with van der Waals surface area (Å²) in [4.78, 5) is 2.64. The van der Waals surface area contributed by atoms with Gasteiger partial charge in [-0.25, -0.2) is 0 Å². The molecule has 0 aliphatic carbocycles. The van der Waals surface area contributed by atoms with Crippen molar-refractivity contribution in [1.29, 1.82) is 0 Å². The zero-order chi connectivity index (χ0) is 14.8. The van der Waals surface area contributed by atoms with Gasteiger partial charge in [0.05, 0.1) is 5.69 Å². The van der Waals surface area contributed by atoms with Crippen molar-refractivity contribution in [1.82, 2.24) is 20.0 Å². The van der Waals surface area contributed by atoms with Crippen LogP contribution in [0.1, 0.15) is 45.0 Å². The molecule has 4 heteroatoms. The lowest BCUT2D eigenvalue weighted by Gasteiger charge is -2.42. The standard InChI is InChI=1S/C16H30N4/c1-6-17-15(12-14-11-13(2)18-19(14)5)16(3,4)20-9-7-8-10-20/h11,15,17H,6-10,12H2,1-5H3. The number of likely N-dealkylation sites (N-methyl/N-ethyl adjacent to an activating group) is 1. The van der Waals surface area contributed by atoms with E-state index in [-0.39, 0.29) is 5.54 Å². The van der Waals surface area contributed by atoms with Crippen molar-refractivity contribution < 1.29 is 0 Å². The molecule has 1 fully saturated rings. The molecule has 0 spiro atoms. The molecule has 0 amide bonds. The fraction of sp³-hybridized carbons (Fsp3) is 0.812. The van der Waals surface area contributed by atoms with E-state index < -0.39 is 0 Å². The van der Waals surface area contributed by atoms with Crippen LogP contribution < -0.4 is 5.32 Å². The number of aryl methyl sites for hydroxylation is 2. The summed E-state index contributed by atoms with van der Waals surface area (Å²) in [7, 11) is 2.05. The summed E-state index contributed by atoms with van der Waals surface area (Å²) in [6.45, 7) is 12.5. The Hall–Kier alpha value is -0.870. The van der Waals surface area contributed by atoms with Gasteiger partial charge in [-0.15, -0.1) is 0 Å². The third kappa shape index (κ3) is 3.23. The van der Waals surface area contributed by atoms with Gasteiger partial charge >= 0.3 is 0 Å². The van der Waals surface area contributed by atoms with E-state index in [0.29, 0.717) is 6.04 Å². The first-order chi connectivity index (χ1) is 9.45. The minimum Gasteiger partial charge on any atom is -0.312 e. The number of nitrogens with one attached hydrogen (secondary N) is 1. The first kappa shape index (κ1) is 15.5. The predicted octanol–water partition coefficient (Wildman–Crippen LogP) is 2.12. The van der Waals surface area contributed by atoms with Crippen molar-refractivity contribution in [3.8, 4) is 0 Å². The van der Waals surface area contributed by atoms with Crippen LogP contribution in [0.25, 0.3) is 0 Å². The smallest absolute Gasteiger partial charge is 0.0596 e. The van der Waals surface area contributed by atoms with Crippen molar-refractivity contribution in [2.24, 2.45) is 7.05 Å². The number of aromatic nitrogens is 2. The molecule has 1 atom stereocenters. The van der Waals surface area contributed by atoms with E-state index in [1.54, 1.807) is 0 Å². The van der Waals surface area contributed by atoms with Gasteiger partial charge < -0.3 is 5.32 Å². The van der Waals surface area contributed by atoms with E-state index in [2.05, 4.69) is 49.1 Å². The first-order valence-corrected chi connectivity index (χ1v) is 7.93. The van der Waals surface area contributed by atoms with E-state index in [1.165, 1.54) is 31.6 Å². The highest BCUT2D eigenvalue weighted by molar-refractivity contribution is 5.12. The average Bonchev–Trinajstić information content (AvgIpc) is 2.99. The van der Waals surface area contributed by atoms with Crippen molar-refractivity contribution in [2.75, 3.05) is 19.6 Å². The summed E-state index contributed by atoms with van der Waals surface area (Å²) in [6.07, 6.45) is 3.72. The fourth-order valence-electron chi connectivity index (χ4n) is 3.40. The molecule has 0 aromatic carbocycles. The monoisotopic (exact) mass is 278 g/mol. The second kappa shape index (κ2) is 6.27. The minimum atomic E-state index is 0.185. The van der Waals surface area contributed by atoms with Gasteiger partial charge in [-0.1, -0.05) is 6.92 Å². The maximum atomic E-state index is 4.48. The number of hydrogen-bond acceptors (Lipinski definition) is 3. The SMILES string of the molecule is CCNC(Cc1cc(C)nn1C)C(C)(C)N1CCCC1. The molecule has 1 aromatic heterocycles. The van der Waals surface area contributed by atoms with Gasteiger partial charge in [0.2, 0.25) is 0 Å². The Bertz CT molecular complexity index is 430. The molecule has 1 aliphatic heterocycles. The molecule has 114 valence electrons. The minimum absolute atomic E-state index is 0.185. The maximum absolute atomic E-state index is 4.48. The summed E-state index contributed by atoms with van der Waals surface area (Å²) in [5.74, 6) is 0. The molecule has 0 saturated carbocycles. The van der Waals surface area contributed by atoms with Crippen molar-refractivity contribution in [2.45, 2.75) is 58.5 Å². The first-order valence-electron chi connectivity index (χ1n) is 7.93. The summed E-state index contributed by atoms with van der Waals surface area (Å²) in [5.41, 5.74) is 2.61. The zero-order valence-electron chi connectivity index (χ0n) is 13.7. The second-order valence-electron chi connectivity index (χ2n) is 6.56. The molecule has 0 radical (unpaired) electrons. The summed E-state index contributed by atoms with van der Waals surface area (Å²) < 4.78 is 2.03. The van der Waals surface area contributed by atoms with Crippen LogP contribution in [0.5, 0.6) is 0 Å². The Kier molecular flexibility index (Phi) is 4.86. The quantitative estimate of drug-likeness (QED) is 0.865. The summed E-state index contributed by atoms with van der Waals surface area (Å²) >= 11 is 0. The second-order valence-corrected chi connectivity index (χ2v) is 6.56. The van der Waals surface area contributed by atoms with E-state index in [9.17, 15) is 0 Å². The van der Waals surface area contributed by atoms with Crippen molar-refractivity contribution in [3.05, 3.63) is 17.5 Å². The number of rotatable bonds is 6. The van der Waals surface area contributed by atoms with Crippen molar-refractivity contribution >= 4 is 0 Å². The van der Waals surface area contributed by atoms with Crippen LogP contribution in [0, 0.1) is 6.92 Å². The molecule has 1 aromatic rings. The number of nitrogens with zero attached hydrogens (tertiary/aromatic N) is 3. The summed E-state index contributed by atoms with van der Waals surface area (Å²) in [6, 6.07) is 2.67. The Morgan fingerprint density at radius 1 is 1.35 bits per heavy atom. The molecule has 1 aliphatic rings. The van der Waals surface area contributed by atoms with Gasteiger partial charge in [-0.3, -0.25) is 9.58 Å². The van der Waals surface area contributed by atoms with Crippen LogP contribution in [-0.4, -0.2) is 45.9 Å². The normalized spacial score (nSPS) is 18.6. The van der Waals surface area contributed by atoms with E-state index in [0.717, 1.165) is 18.7 Å². The molecule has 2 heterocycles. The molecule has 1 N–H and O–H groups in total. The van der Waals surface area contributed by atoms with Crippen LogP contribution >= 0.6 is 0 Å². The maximum Gasteiger partial charge on any atom is 0.0596 e. The largest absolute Gasteiger partial charge is 0.312 e. The van der Waals surface area contributed by atoms with Gasteiger partial charge in [-0.05, 0) is 59.3 Å². The topological polar surface area (TPSA) is 33.1 Å². The molecule has 0 bridgehead atoms. The highest BCUT2D eigenvalue weighted by atomic mass is 15.3. The fourth-order valence-corrected chi connectivity index (χ4v) is 3.40. The lowest BCUT2D eigenvalue weighted by molar-refractivity contribution is 0.106. The van der Waals surface area contributed by atoms with Crippen LogP contribution in [0.15, 0.2) is 6.07 Å². The number of likely N-dealkylation sites (tertiary alicyclic amines) is 1. The van der Waals surface area contributed by atoms with E-state index in [1.807, 2.05) is 11.7 Å². The molecule has 4 nitrogen and oxygen atoms in total. The van der Waals surface area contributed by atoms with Crippen LogP contribution in [0.3, 0.4) is 0 Å². The van der Waals surface area contributed by atoms with Gasteiger partial charge in [0.15, 0.2) is 0 Å². The van der Waals surface area contributed by atoms with Gasteiger partial charge in [0.25, 0.3) is 0 Å². The molecule has 2 rings (SSSR count). The third-order valence-electron chi connectivity index (χ3n) is 4.74. The van der Waals surface area contributed by atoms with Gasteiger partial charge in [0, 0.05) is 30.7 Å². The third-order valence-corrected chi connectivity index (χ3v) is 4.74. The van der Waals surface area contributed by atoms with Gasteiger partial charge in [0.1, 0.15) is 0 Å². The lowest BCUT2D eigenvalue weighted by Crippen LogP contribution is -2.57. The molecule has 20 heavy (non-hydrogen) atoms. The van der Waals surface area contributed by atoms with Crippen LogP contribution in [0.2, 0.25) is 0 Å². The highest BCUT2D eigenvalue weighted by Crippen LogP contribution is 2.26. The Morgan fingerprint density at radius 2 is 2.00 bits per heavy atom. The molecule has 1 saturated heterocycles. The molecular formula is C16H30N4. The lowest BCUT2D eigenvalue weighted by atomic mass is 9.89. The Labute approximate surface area is 123 Å². The zero-order valence-corrected chi connectivity index (χ0v) is 13.7. The highest BCUT2D eigenvalue weighted by Gasteiger charge is 2.36. The molecule has 1 unspecified atom stereocenters. The Balaban J connectivity index is 2.15. The predicted molar refractivity (Wildman–Crippen MR) is 84.0 cm³/mol. The van der Waals surface area contributed by atoms with Crippen molar-refractivity contribution in [3.63, 3.8) is 0 Å². The average molecular weight is 278 g/mol. The molecular weight excluding hydrogens is 248 g/mol. The van der Waals surface area contributed by atoms with Crippen LogP contribution in [0.4, 0.5) is 0 Å². The summed E-state index contributed by atoms with van der Waals surface area (Å²) in [5, 5.41) is 8.18. The van der Waals surface area contributed by atoms with E-state index in [4.69, 9.17) is 0 Å².